The third-order valence-electron chi connectivity index (χ3n) is 6.54. The van der Waals surface area contributed by atoms with Crippen LogP contribution in [0.2, 0.25) is 0 Å². The molecule has 1 N–H and O–H groups in total. The van der Waals surface area contributed by atoms with E-state index >= 15 is 0 Å². The lowest BCUT2D eigenvalue weighted by Crippen LogP contribution is -2.56. The standard InChI is InChI=1S/C23H19F3N6O/c1-12-16(5-7-17(30-12)14-9-29-31(10-14)23(24,25)26)21-20(13-2-3-13)22(33)32(21)15-4-6-18-19(8-15)28-11-27-18/h4-11,13,20-21H,2-3H2,1H3,(H,27,28)/t20?,21-/m1/s1. The highest BCUT2D eigenvalue weighted by Crippen LogP contribution is 2.54. The van der Waals surface area contributed by atoms with Crippen molar-refractivity contribution in [2.24, 2.45) is 11.8 Å². The van der Waals surface area contributed by atoms with Gasteiger partial charge >= 0.3 is 6.30 Å². The van der Waals surface area contributed by atoms with E-state index in [9.17, 15) is 18.0 Å². The van der Waals surface area contributed by atoms with Gasteiger partial charge in [0.25, 0.3) is 0 Å². The first-order valence-corrected chi connectivity index (χ1v) is 10.7. The number of aromatic nitrogens is 5. The second-order valence-corrected chi connectivity index (χ2v) is 8.63. The van der Waals surface area contributed by atoms with Crippen LogP contribution in [0, 0.1) is 18.8 Å². The van der Waals surface area contributed by atoms with Gasteiger partial charge in [-0.25, -0.2) is 4.98 Å². The third-order valence-corrected chi connectivity index (χ3v) is 6.54. The van der Waals surface area contributed by atoms with Crippen LogP contribution in [0.4, 0.5) is 18.9 Å². The molecule has 0 radical (unpaired) electrons. The maximum atomic E-state index is 13.2. The Hall–Kier alpha value is -3.69. The summed E-state index contributed by atoms with van der Waals surface area (Å²) in [6.07, 6.45) is 1.17. The van der Waals surface area contributed by atoms with Crippen LogP contribution in [0.25, 0.3) is 22.3 Å². The Labute approximate surface area is 186 Å². The number of benzene rings is 1. The first kappa shape index (κ1) is 20.0. The first-order chi connectivity index (χ1) is 15.8. The predicted molar refractivity (Wildman–Crippen MR) is 114 cm³/mol. The Morgan fingerprint density at radius 1 is 1.15 bits per heavy atom. The molecule has 2 fully saturated rings. The number of carbonyl (C=O) groups is 1. The number of aryl methyl sites for hydroxylation is 1. The molecule has 168 valence electrons. The lowest BCUT2D eigenvalue weighted by molar-refractivity contribution is -0.212. The molecule has 6 rings (SSSR count). The molecule has 3 aromatic heterocycles. The molecule has 1 saturated carbocycles. The molecule has 2 aliphatic rings. The number of amides is 1. The number of rotatable bonds is 4. The van der Waals surface area contributed by atoms with Crippen molar-refractivity contribution in [3.05, 3.63) is 60.3 Å². The molecule has 33 heavy (non-hydrogen) atoms. The average Bonchev–Trinajstić information content (AvgIpc) is 3.25. The molecule has 1 amide bonds. The normalized spacial score (nSPS) is 21.0. The number of imidazole rings is 1. The molecule has 7 nitrogen and oxygen atoms in total. The zero-order chi connectivity index (χ0) is 22.9. The van der Waals surface area contributed by atoms with Gasteiger partial charge in [0.1, 0.15) is 0 Å². The van der Waals surface area contributed by atoms with E-state index in [1.54, 1.807) is 17.3 Å². The summed E-state index contributed by atoms with van der Waals surface area (Å²) < 4.78 is 38.7. The molecular formula is C23H19F3N6O. The highest BCUT2D eigenvalue weighted by atomic mass is 19.4. The monoisotopic (exact) mass is 452 g/mol. The number of pyridine rings is 1. The fourth-order valence-corrected chi connectivity index (χ4v) is 4.76. The van der Waals surface area contributed by atoms with Crippen molar-refractivity contribution in [1.82, 2.24) is 24.7 Å². The summed E-state index contributed by atoms with van der Waals surface area (Å²) in [5, 5.41) is 3.39. The van der Waals surface area contributed by atoms with E-state index < -0.39 is 6.30 Å². The number of H-pyrrole nitrogens is 1. The number of halogens is 3. The Bertz CT molecular complexity index is 1390. The first-order valence-electron chi connectivity index (χ1n) is 10.7. The van der Waals surface area contributed by atoms with E-state index in [0.717, 1.165) is 47.5 Å². The van der Waals surface area contributed by atoms with Crippen LogP contribution in [-0.2, 0) is 11.1 Å². The Morgan fingerprint density at radius 2 is 1.97 bits per heavy atom. The summed E-state index contributed by atoms with van der Waals surface area (Å²) in [4.78, 5) is 26.9. The SMILES string of the molecule is Cc1nc(-c2cnn(C(F)(F)F)c2)ccc1[C@@H]1C(C2CC2)C(=O)N1c1ccc2[nH]cnc2c1. The molecule has 1 aliphatic heterocycles. The summed E-state index contributed by atoms with van der Waals surface area (Å²) >= 11 is 0. The average molecular weight is 452 g/mol. The predicted octanol–water partition coefficient (Wildman–Crippen LogP) is 4.72. The number of fused-ring (bicyclic) bond motifs is 1. The highest BCUT2D eigenvalue weighted by molar-refractivity contribution is 6.04. The van der Waals surface area contributed by atoms with Gasteiger partial charge in [0.15, 0.2) is 0 Å². The molecule has 0 spiro atoms. The van der Waals surface area contributed by atoms with E-state index in [1.165, 1.54) is 0 Å². The summed E-state index contributed by atoms with van der Waals surface area (Å²) in [5.74, 6) is 0.337. The van der Waals surface area contributed by atoms with Crippen molar-refractivity contribution in [3.8, 4) is 11.3 Å². The molecule has 10 heteroatoms. The molecular weight excluding hydrogens is 433 g/mol. The van der Waals surface area contributed by atoms with Crippen LogP contribution >= 0.6 is 0 Å². The van der Waals surface area contributed by atoms with E-state index in [-0.39, 0.29) is 28.1 Å². The van der Waals surface area contributed by atoms with Crippen molar-refractivity contribution >= 4 is 22.6 Å². The number of hydrogen-bond acceptors (Lipinski definition) is 4. The summed E-state index contributed by atoms with van der Waals surface area (Å²) in [6, 6.07) is 9.09. The van der Waals surface area contributed by atoms with Gasteiger partial charge < -0.3 is 9.88 Å². The summed E-state index contributed by atoms with van der Waals surface area (Å²) in [7, 11) is 0. The van der Waals surface area contributed by atoms with E-state index in [0.29, 0.717) is 17.3 Å². The zero-order valence-corrected chi connectivity index (χ0v) is 17.5. The van der Waals surface area contributed by atoms with Gasteiger partial charge in [0.05, 0.1) is 41.2 Å². The fourth-order valence-electron chi connectivity index (χ4n) is 4.76. The number of nitrogens with zero attached hydrogens (tertiary/aromatic N) is 5. The van der Waals surface area contributed by atoms with Crippen LogP contribution in [0.5, 0.6) is 0 Å². The van der Waals surface area contributed by atoms with Crippen molar-refractivity contribution in [1.29, 1.82) is 0 Å². The smallest absolute Gasteiger partial charge is 0.345 e. The van der Waals surface area contributed by atoms with Gasteiger partial charge in [-0.15, -0.1) is 13.2 Å². The fraction of sp³-hybridized carbons (Fsp3) is 0.304. The van der Waals surface area contributed by atoms with Gasteiger partial charge in [-0.2, -0.15) is 9.78 Å². The Morgan fingerprint density at radius 3 is 2.67 bits per heavy atom. The molecule has 1 aliphatic carbocycles. The maximum Gasteiger partial charge on any atom is 0.504 e. The minimum absolute atomic E-state index is 0.0338. The Kier molecular flexibility index (Phi) is 4.17. The topological polar surface area (TPSA) is 79.7 Å². The molecule has 0 bridgehead atoms. The van der Waals surface area contributed by atoms with E-state index in [1.807, 2.05) is 31.2 Å². The van der Waals surface area contributed by atoms with Gasteiger partial charge in [-0.3, -0.25) is 9.78 Å². The minimum atomic E-state index is -4.58. The highest BCUT2D eigenvalue weighted by Gasteiger charge is 2.55. The maximum absolute atomic E-state index is 13.2. The van der Waals surface area contributed by atoms with Crippen molar-refractivity contribution in [2.75, 3.05) is 4.90 Å². The second kappa shape index (κ2) is 6.90. The van der Waals surface area contributed by atoms with Crippen molar-refractivity contribution in [3.63, 3.8) is 0 Å². The van der Waals surface area contributed by atoms with Crippen molar-refractivity contribution in [2.45, 2.75) is 32.1 Å². The summed E-state index contributed by atoms with van der Waals surface area (Å²) in [5.41, 5.74) is 4.72. The number of β-lactam (4-membered cyclic amide) rings is 1. The van der Waals surface area contributed by atoms with Gasteiger partial charge in [0.2, 0.25) is 5.91 Å². The van der Waals surface area contributed by atoms with Crippen LogP contribution in [0.1, 0.15) is 30.1 Å². The molecule has 1 aromatic carbocycles. The lowest BCUT2D eigenvalue weighted by atomic mass is 9.78. The molecule has 1 saturated heterocycles. The molecule has 2 atom stereocenters. The number of anilines is 1. The molecule has 4 heterocycles. The quantitative estimate of drug-likeness (QED) is 0.455. The number of nitrogens with one attached hydrogen (secondary N) is 1. The third kappa shape index (κ3) is 3.20. The number of alkyl halides is 3. The minimum Gasteiger partial charge on any atom is -0.345 e. The van der Waals surface area contributed by atoms with Gasteiger partial charge in [-0.05, 0) is 55.5 Å². The lowest BCUT2D eigenvalue weighted by Gasteiger charge is -2.48. The zero-order valence-electron chi connectivity index (χ0n) is 17.5. The molecule has 1 unspecified atom stereocenters. The van der Waals surface area contributed by atoms with E-state index in [2.05, 4.69) is 20.1 Å². The van der Waals surface area contributed by atoms with Crippen molar-refractivity contribution < 1.29 is 18.0 Å². The number of carbonyl (C=O) groups excluding carboxylic acids is 1. The van der Waals surface area contributed by atoms with Crippen LogP contribution in [0.15, 0.2) is 49.1 Å². The Balaban J connectivity index is 1.37. The molecule has 4 aromatic rings. The van der Waals surface area contributed by atoms with Gasteiger partial charge in [-0.1, -0.05) is 6.07 Å². The second-order valence-electron chi connectivity index (χ2n) is 8.63. The van der Waals surface area contributed by atoms with Crippen LogP contribution < -0.4 is 4.90 Å². The van der Waals surface area contributed by atoms with Gasteiger partial charge in [0, 0.05) is 23.1 Å². The summed E-state index contributed by atoms with van der Waals surface area (Å²) in [6.45, 7) is 1.83. The van der Waals surface area contributed by atoms with Crippen LogP contribution in [-0.4, -0.2) is 30.6 Å². The largest absolute Gasteiger partial charge is 0.504 e. The number of hydrogen-bond donors (Lipinski definition) is 1. The number of aromatic amines is 1. The van der Waals surface area contributed by atoms with E-state index in [4.69, 9.17) is 0 Å². The van der Waals surface area contributed by atoms with Crippen LogP contribution in [0.3, 0.4) is 0 Å².